The molecule has 0 aromatic heterocycles. The number of nitrogens with one attached hydrogen (secondary N) is 2. The standard InChI is InChI=1S/C8H8O2.C5H10N2O/c9-7-10-6-8-4-2-1-3-5-8;1-4-2-7-5(8)3-6-4/h1-5,7H,6H2;4,6H,2-3H2,1H3,(H,7,8)/t;4-/m.1/s1. The summed E-state index contributed by atoms with van der Waals surface area (Å²) in [7, 11) is 0. The molecule has 1 aromatic carbocycles. The molecule has 18 heavy (non-hydrogen) atoms. The van der Waals surface area contributed by atoms with Gasteiger partial charge in [-0.1, -0.05) is 30.3 Å². The van der Waals surface area contributed by atoms with E-state index in [1.807, 2.05) is 37.3 Å². The van der Waals surface area contributed by atoms with Crippen molar-refractivity contribution in [3.05, 3.63) is 35.9 Å². The summed E-state index contributed by atoms with van der Waals surface area (Å²) < 4.78 is 4.54. The van der Waals surface area contributed by atoms with Crippen LogP contribution in [-0.4, -0.2) is 31.5 Å². The number of hydrogen-bond acceptors (Lipinski definition) is 4. The maximum Gasteiger partial charge on any atom is 0.293 e. The van der Waals surface area contributed by atoms with Gasteiger partial charge in [-0.05, 0) is 12.5 Å². The SMILES string of the molecule is C[C@@H]1CNC(=O)CN1.O=COCc1ccccc1. The van der Waals surface area contributed by atoms with Crippen molar-refractivity contribution in [2.24, 2.45) is 0 Å². The fraction of sp³-hybridized carbons (Fsp3) is 0.385. The molecule has 5 heteroatoms. The highest BCUT2D eigenvalue weighted by atomic mass is 16.5. The zero-order valence-electron chi connectivity index (χ0n) is 10.4. The molecule has 1 aliphatic rings. The van der Waals surface area contributed by atoms with Crippen LogP contribution in [0.4, 0.5) is 0 Å². The minimum atomic E-state index is 0.100. The van der Waals surface area contributed by atoms with Crippen LogP contribution in [-0.2, 0) is 20.9 Å². The summed E-state index contributed by atoms with van der Waals surface area (Å²) in [5.74, 6) is 0.100. The monoisotopic (exact) mass is 250 g/mol. The fourth-order valence-electron chi connectivity index (χ4n) is 1.37. The second kappa shape index (κ2) is 8.25. The minimum Gasteiger partial charge on any atom is -0.463 e. The molecule has 0 radical (unpaired) electrons. The van der Waals surface area contributed by atoms with Gasteiger partial charge in [-0.15, -0.1) is 0 Å². The third kappa shape index (κ3) is 6.00. The van der Waals surface area contributed by atoms with Gasteiger partial charge in [0.1, 0.15) is 6.61 Å². The van der Waals surface area contributed by atoms with Gasteiger partial charge in [0.05, 0.1) is 6.54 Å². The molecule has 98 valence electrons. The van der Waals surface area contributed by atoms with Gasteiger partial charge in [0.2, 0.25) is 5.91 Å². The molecule has 1 fully saturated rings. The Hall–Kier alpha value is -1.88. The Kier molecular flexibility index (Phi) is 6.50. The second-order valence-corrected chi connectivity index (χ2v) is 3.98. The van der Waals surface area contributed by atoms with Crippen LogP contribution in [0.3, 0.4) is 0 Å². The van der Waals surface area contributed by atoms with Gasteiger partial charge in [0, 0.05) is 12.6 Å². The summed E-state index contributed by atoms with van der Waals surface area (Å²) in [5, 5.41) is 5.75. The molecule has 0 saturated carbocycles. The summed E-state index contributed by atoms with van der Waals surface area (Å²) in [6, 6.07) is 9.98. The molecule has 1 atom stereocenters. The Balaban J connectivity index is 0.000000184. The number of benzene rings is 1. The van der Waals surface area contributed by atoms with E-state index in [4.69, 9.17) is 0 Å². The molecular formula is C13H18N2O3. The summed E-state index contributed by atoms with van der Waals surface area (Å²) in [4.78, 5) is 20.2. The first kappa shape index (κ1) is 14.2. The Morgan fingerprint density at radius 2 is 2.11 bits per heavy atom. The zero-order valence-corrected chi connectivity index (χ0v) is 10.4. The number of carbonyl (C=O) groups excluding carboxylic acids is 2. The first-order chi connectivity index (χ1) is 8.72. The maximum absolute atomic E-state index is 10.4. The average molecular weight is 250 g/mol. The largest absolute Gasteiger partial charge is 0.463 e. The van der Waals surface area contributed by atoms with Crippen LogP contribution in [0.15, 0.2) is 30.3 Å². The van der Waals surface area contributed by atoms with Gasteiger partial charge < -0.3 is 15.4 Å². The number of rotatable bonds is 3. The quantitative estimate of drug-likeness (QED) is 0.765. The van der Waals surface area contributed by atoms with Crippen LogP contribution in [0.2, 0.25) is 0 Å². The zero-order chi connectivity index (χ0) is 13.2. The van der Waals surface area contributed by atoms with E-state index in [1.165, 1.54) is 0 Å². The van der Waals surface area contributed by atoms with Crippen LogP contribution < -0.4 is 10.6 Å². The summed E-state index contributed by atoms with van der Waals surface area (Å²) in [5.41, 5.74) is 1.01. The number of carbonyl (C=O) groups is 2. The Bertz CT molecular complexity index is 358. The van der Waals surface area contributed by atoms with Crippen molar-refractivity contribution < 1.29 is 14.3 Å². The molecule has 0 spiro atoms. The van der Waals surface area contributed by atoms with Gasteiger partial charge in [-0.2, -0.15) is 0 Å². The van der Waals surface area contributed by atoms with Crippen LogP contribution >= 0.6 is 0 Å². The molecule has 1 aliphatic heterocycles. The third-order valence-electron chi connectivity index (χ3n) is 2.38. The molecule has 0 unspecified atom stereocenters. The molecule has 5 nitrogen and oxygen atoms in total. The van der Waals surface area contributed by atoms with Crippen LogP contribution in [0.25, 0.3) is 0 Å². The number of amides is 1. The molecule has 0 bridgehead atoms. The lowest BCUT2D eigenvalue weighted by Gasteiger charge is -2.19. The molecule has 1 amide bonds. The van der Waals surface area contributed by atoms with E-state index in [1.54, 1.807) is 0 Å². The van der Waals surface area contributed by atoms with Gasteiger partial charge in [-0.25, -0.2) is 0 Å². The van der Waals surface area contributed by atoms with Crippen LogP contribution in [0.5, 0.6) is 0 Å². The van der Waals surface area contributed by atoms with Gasteiger partial charge in [0.15, 0.2) is 0 Å². The highest BCUT2D eigenvalue weighted by Crippen LogP contribution is 1.98. The molecule has 0 aliphatic carbocycles. The van der Waals surface area contributed by atoms with Crippen LogP contribution in [0.1, 0.15) is 12.5 Å². The maximum atomic E-state index is 10.4. The molecule has 2 N–H and O–H groups in total. The van der Waals surface area contributed by atoms with Crippen molar-refractivity contribution in [3.63, 3.8) is 0 Å². The van der Waals surface area contributed by atoms with Crippen molar-refractivity contribution >= 4 is 12.4 Å². The highest BCUT2D eigenvalue weighted by molar-refractivity contribution is 5.78. The van der Waals surface area contributed by atoms with E-state index in [0.29, 0.717) is 25.7 Å². The first-order valence-corrected chi connectivity index (χ1v) is 5.81. The first-order valence-electron chi connectivity index (χ1n) is 5.81. The van der Waals surface area contributed by atoms with E-state index in [-0.39, 0.29) is 5.91 Å². The van der Waals surface area contributed by atoms with Crippen molar-refractivity contribution in [3.8, 4) is 0 Å². The molecular weight excluding hydrogens is 232 g/mol. The number of piperazine rings is 1. The minimum absolute atomic E-state index is 0.100. The summed E-state index contributed by atoms with van der Waals surface area (Å²) in [6.07, 6.45) is 0. The van der Waals surface area contributed by atoms with Crippen molar-refractivity contribution in [1.82, 2.24) is 10.6 Å². The summed E-state index contributed by atoms with van der Waals surface area (Å²) >= 11 is 0. The topological polar surface area (TPSA) is 67.4 Å². The molecule has 1 aromatic rings. The highest BCUT2D eigenvalue weighted by Gasteiger charge is 2.10. The molecule has 1 heterocycles. The van der Waals surface area contributed by atoms with E-state index in [2.05, 4.69) is 15.4 Å². The lowest BCUT2D eigenvalue weighted by molar-refractivity contribution is -0.129. The van der Waals surface area contributed by atoms with Gasteiger partial charge in [0.25, 0.3) is 6.47 Å². The Morgan fingerprint density at radius 1 is 1.39 bits per heavy atom. The van der Waals surface area contributed by atoms with Crippen molar-refractivity contribution in [2.45, 2.75) is 19.6 Å². The lowest BCUT2D eigenvalue weighted by atomic mass is 10.2. The Morgan fingerprint density at radius 3 is 2.61 bits per heavy atom. The van der Waals surface area contributed by atoms with E-state index >= 15 is 0 Å². The van der Waals surface area contributed by atoms with Crippen LogP contribution in [0, 0.1) is 0 Å². The van der Waals surface area contributed by atoms with E-state index in [0.717, 1.165) is 12.1 Å². The van der Waals surface area contributed by atoms with Crippen molar-refractivity contribution in [2.75, 3.05) is 13.1 Å². The lowest BCUT2D eigenvalue weighted by Crippen LogP contribution is -2.50. The third-order valence-corrected chi connectivity index (χ3v) is 2.38. The predicted octanol–water partition coefficient (Wildman–Crippen LogP) is 0.454. The average Bonchev–Trinajstić information content (AvgIpc) is 2.42. The second-order valence-electron chi connectivity index (χ2n) is 3.98. The smallest absolute Gasteiger partial charge is 0.293 e. The summed E-state index contributed by atoms with van der Waals surface area (Å²) in [6.45, 7) is 4.09. The fourth-order valence-corrected chi connectivity index (χ4v) is 1.37. The Labute approximate surface area is 107 Å². The molecule has 1 saturated heterocycles. The normalized spacial score (nSPS) is 18.1. The van der Waals surface area contributed by atoms with Gasteiger partial charge >= 0.3 is 0 Å². The molecule has 2 rings (SSSR count). The number of ether oxygens (including phenoxy) is 1. The van der Waals surface area contributed by atoms with Gasteiger partial charge in [-0.3, -0.25) is 9.59 Å². The van der Waals surface area contributed by atoms with E-state index in [9.17, 15) is 9.59 Å². The van der Waals surface area contributed by atoms with E-state index < -0.39 is 0 Å². The van der Waals surface area contributed by atoms with Crippen molar-refractivity contribution in [1.29, 1.82) is 0 Å². The predicted molar refractivity (Wildman–Crippen MR) is 67.8 cm³/mol. The number of hydrogen-bond donors (Lipinski definition) is 2.